The van der Waals surface area contributed by atoms with Gasteiger partial charge in [-0.2, -0.15) is 0 Å². The molecule has 110 valence electrons. The fourth-order valence-electron chi connectivity index (χ4n) is 2.99. The number of nitrogens with one attached hydrogen (secondary N) is 2. The van der Waals surface area contributed by atoms with Gasteiger partial charge in [0.05, 0.1) is 0 Å². The molecule has 1 saturated carbocycles. The molecule has 21 heavy (non-hydrogen) atoms. The summed E-state index contributed by atoms with van der Waals surface area (Å²) in [5.41, 5.74) is 7.01. The van der Waals surface area contributed by atoms with Crippen molar-refractivity contribution >= 4 is 22.7 Å². The second-order valence-electron chi connectivity index (χ2n) is 5.70. The summed E-state index contributed by atoms with van der Waals surface area (Å²) < 4.78 is 0. The van der Waals surface area contributed by atoms with Gasteiger partial charge in [-0.05, 0) is 49.9 Å². The van der Waals surface area contributed by atoms with Gasteiger partial charge in [-0.3, -0.25) is 9.59 Å². The summed E-state index contributed by atoms with van der Waals surface area (Å²) in [6, 6.07) is 7.70. The molecule has 4 N–H and O–H groups in total. The number of H-pyrrole nitrogens is 1. The fraction of sp³-hybridized carbons (Fsp3) is 0.375. The van der Waals surface area contributed by atoms with Crippen molar-refractivity contribution in [1.29, 1.82) is 0 Å². The van der Waals surface area contributed by atoms with E-state index in [1.807, 2.05) is 30.5 Å². The predicted molar refractivity (Wildman–Crippen MR) is 80.7 cm³/mol. The van der Waals surface area contributed by atoms with E-state index in [2.05, 4.69) is 10.3 Å². The van der Waals surface area contributed by atoms with Gasteiger partial charge in [-0.25, -0.2) is 0 Å². The zero-order chi connectivity index (χ0) is 14.8. The summed E-state index contributed by atoms with van der Waals surface area (Å²) in [5.74, 6) is -0.312. The Hall–Kier alpha value is -2.30. The van der Waals surface area contributed by atoms with Crippen LogP contribution in [0.4, 0.5) is 0 Å². The number of amides is 2. The van der Waals surface area contributed by atoms with E-state index in [1.54, 1.807) is 0 Å². The van der Waals surface area contributed by atoms with Gasteiger partial charge < -0.3 is 16.0 Å². The zero-order valence-electron chi connectivity index (χ0n) is 11.8. The minimum absolute atomic E-state index is 0.0330. The largest absolute Gasteiger partial charge is 0.369 e. The molecule has 0 unspecified atom stereocenters. The van der Waals surface area contributed by atoms with Crippen LogP contribution in [0.1, 0.15) is 36.0 Å². The molecule has 1 aliphatic rings. The molecule has 5 heteroatoms. The average molecular weight is 285 g/mol. The number of fused-ring (bicyclic) bond motifs is 1. The number of nitrogens with two attached hydrogens (primary N) is 1. The average Bonchev–Trinajstić information content (AvgIpc) is 2.95. The minimum atomic E-state index is -0.224. The monoisotopic (exact) mass is 285 g/mol. The fourth-order valence-corrected chi connectivity index (χ4v) is 2.99. The Morgan fingerprint density at radius 2 is 1.90 bits per heavy atom. The van der Waals surface area contributed by atoms with Crippen LogP contribution >= 0.6 is 0 Å². The van der Waals surface area contributed by atoms with E-state index in [0.29, 0.717) is 5.56 Å². The maximum atomic E-state index is 12.3. The van der Waals surface area contributed by atoms with Crippen molar-refractivity contribution in [2.24, 2.45) is 11.7 Å². The van der Waals surface area contributed by atoms with Crippen LogP contribution < -0.4 is 11.1 Å². The van der Waals surface area contributed by atoms with E-state index in [4.69, 9.17) is 5.73 Å². The molecule has 2 aromatic rings. The van der Waals surface area contributed by atoms with Gasteiger partial charge >= 0.3 is 0 Å². The molecule has 3 rings (SSSR count). The molecule has 5 nitrogen and oxygen atoms in total. The highest BCUT2D eigenvalue weighted by atomic mass is 16.2. The molecule has 0 radical (unpaired) electrons. The quantitative estimate of drug-likeness (QED) is 0.804. The zero-order valence-corrected chi connectivity index (χ0v) is 11.8. The molecular weight excluding hydrogens is 266 g/mol. The molecule has 2 amide bonds. The van der Waals surface area contributed by atoms with Crippen LogP contribution in [0.2, 0.25) is 0 Å². The maximum Gasteiger partial charge on any atom is 0.251 e. The number of aromatic nitrogens is 1. The van der Waals surface area contributed by atoms with Crippen molar-refractivity contribution < 1.29 is 9.59 Å². The van der Waals surface area contributed by atoms with Gasteiger partial charge in [-0.15, -0.1) is 0 Å². The van der Waals surface area contributed by atoms with Gasteiger partial charge in [-0.1, -0.05) is 0 Å². The number of rotatable bonds is 3. The van der Waals surface area contributed by atoms with Crippen molar-refractivity contribution in [3.05, 3.63) is 36.0 Å². The third kappa shape index (κ3) is 2.91. The molecule has 0 aliphatic heterocycles. The van der Waals surface area contributed by atoms with E-state index in [0.717, 1.165) is 36.6 Å². The summed E-state index contributed by atoms with van der Waals surface area (Å²) in [5, 5.41) is 4.08. The lowest BCUT2D eigenvalue weighted by atomic mass is 9.85. The summed E-state index contributed by atoms with van der Waals surface area (Å²) >= 11 is 0. The van der Waals surface area contributed by atoms with E-state index < -0.39 is 0 Å². The molecule has 1 heterocycles. The maximum absolute atomic E-state index is 12.3. The number of carbonyl (C=O) groups excluding carboxylic acids is 2. The normalized spacial score (nSPS) is 22.1. The van der Waals surface area contributed by atoms with E-state index >= 15 is 0 Å². The van der Waals surface area contributed by atoms with Crippen molar-refractivity contribution in [2.45, 2.75) is 31.7 Å². The second kappa shape index (κ2) is 5.60. The van der Waals surface area contributed by atoms with Gasteiger partial charge in [0.1, 0.15) is 0 Å². The van der Waals surface area contributed by atoms with Crippen molar-refractivity contribution in [3.8, 4) is 0 Å². The highest BCUT2D eigenvalue weighted by Gasteiger charge is 2.25. The van der Waals surface area contributed by atoms with Crippen molar-refractivity contribution in [2.75, 3.05) is 0 Å². The first kappa shape index (κ1) is 13.7. The molecular formula is C16H19N3O2. The number of hydrogen-bond acceptors (Lipinski definition) is 2. The number of benzene rings is 1. The van der Waals surface area contributed by atoms with Gasteiger partial charge in [0, 0.05) is 34.6 Å². The number of carbonyl (C=O) groups is 2. The number of aromatic amines is 1. The lowest BCUT2D eigenvalue weighted by molar-refractivity contribution is -0.122. The van der Waals surface area contributed by atoms with Crippen LogP contribution in [-0.4, -0.2) is 22.8 Å². The van der Waals surface area contributed by atoms with Crippen molar-refractivity contribution in [3.63, 3.8) is 0 Å². The molecule has 0 saturated heterocycles. The molecule has 0 bridgehead atoms. The van der Waals surface area contributed by atoms with Gasteiger partial charge in [0.15, 0.2) is 0 Å². The Kier molecular flexibility index (Phi) is 3.64. The third-order valence-electron chi connectivity index (χ3n) is 4.28. The van der Waals surface area contributed by atoms with Crippen LogP contribution in [0.25, 0.3) is 10.9 Å². The Morgan fingerprint density at radius 1 is 1.14 bits per heavy atom. The standard InChI is InChI=1S/C16H19N3O2/c17-15(20)10-1-4-13(5-2-10)19-16(21)12-3-6-14-11(9-12)7-8-18-14/h3,6-10,13,18H,1-2,4-5H2,(H2,17,20)(H,19,21). The predicted octanol–water partition coefficient (Wildman–Crippen LogP) is 1.94. The first-order valence-electron chi connectivity index (χ1n) is 7.31. The summed E-state index contributed by atoms with van der Waals surface area (Å²) in [7, 11) is 0. The molecule has 1 fully saturated rings. The van der Waals surface area contributed by atoms with Crippen LogP contribution in [0.5, 0.6) is 0 Å². The van der Waals surface area contributed by atoms with Gasteiger partial charge in [0.25, 0.3) is 5.91 Å². The molecule has 1 aromatic carbocycles. The Labute approximate surface area is 122 Å². The Bertz CT molecular complexity index is 669. The summed E-state index contributed by atoms with van der Waals surface area (Å²) in [6.07, 6.45) is 5.00. The number of primary amides is 1. The lowest BCUT2D eigenvalue weighted by Gasteiger charge is -2.27. The summed E-state index contributed by atoms with van der Waals surface area (Å²) in [6.45, 7) is 0. The highest BCUT2D eigenvalue weighted by Crippen LogP contribution is 2.24. The highest BCUT2D eigenvalue weighted by molar-refractivity contribution is 5.98. The molecule has 0 spiro atoms. The first-order valence-corrected chi connectivity index (χ1v) is 7.31. The van der Waals surface area contributed by atoms with E-state index in [1.165, 1.54) is 0 Å². The van der Waals surface area contributed by atoms with Crippen LogP contribution in [0.3, 0.4) is 0 Å². The van der Waals surface area contributed by atoms with E-state index in [-0.39, 0.29) is 23.8 Å². The molecule has 1 aliphatic carbocycles. The molecule has 1 aromatic heterocycles. The third-order valence-corrected chi connectivity index (χ3v) is 4.28. The first-order chi connectivity index (χ1) is 10.1. The van der Waals surface area contributed by atoms with Crippen LogP contribution in [0.15, 0.2) is 30.5 Å². The minimum Gasteiger partial charge on any atom is -0.369 e. The number of hydrogen-bond donors (Lipinski definition) is 3. The smallest absolute Gasteiger partial charge is 0.251 e. The Morgan fingerprint density at radius 3 is 2.62 bits per heavy atom. The summed E-state index contributed by atoms with van der Waals surface area (Å²) in [4.78, 5) is 26.5. The second-order valence-corrected chi connectivity index (χ2v) is 5.70. The Balaban J connectivity index is 1.62. The SMILES string of the molecule is NC(=O)C1CCC(NC(=O)c2ccc3[nH]ccc3c2)CC1. The van der Waals surface area contributed by atoms with Gasteiger partial charge in [0.2, 0.25) is 5.91 Å². The van der Waals surface area contributed by atoms with E-state index in [9.17, 15) is 9.59 Å². The van der Waals surface area contributed by atoms with Crippen molar-refractivity contribution in [1.82, 2.24) is 10.3 Å². The topological polar surface area (TPSA) is 88.0 Å². The lowest BCUT2D eigenvalue weighted by Crippen LogP contribution is -2.39. The van der Waals surface area contributed by atoms with Crippen LogP contribution in [0, 0.1) is 5.92 Å². The van der Waals surface area contributed by atoms with Crippen LogP contribution in [-0.2, 0) is 4.79 Å². The molecule has 0 atom stereocenters.